The van der Waals surface area contributed by atoms with Gasteiger partial charge in [0, 0.05) is 11.8 Å². The number of aliphatic hydroxyl groups excluding tert-OH is 1. The zero-order chi connectivity index (χ0) is 10.7. The lowest BCUT2D eigenvalue weighted by Gasteiger charge is -2.18. The molecule has 0 unspecified atom stereocenters. The number of nitrogens with one attached hydrogen (secondary N) is 1. The number of rotatable bonds is 3. The molecule has 2 rings (SSSR count). The Bertz CT molecular complexity index is 327. The molecule has 1 saturated carbocycles. The summed E-state index contributed by atoms with van der Waals surface area (Å²) in [4.78, 5) is 0. The van der Waals surface area contributed by atoms with Crippen molar-refractivity contribution in [1.82, 2.24) is 0 Å². The molecule has 0 bridgehead atoms. The van der Waals surface area contributed by atoms with E-state index in [0.29, 0.717) is 0 Å². The summed E-state index contributed by atoms with van der Waals surface area (Å²) < 4.78 is 5.14. The molecule has 0 heterocycles. The van der Waals surface area contributed by atoms with Crippen LogP contribution in [0.2, 0.25) is 0 Å². The first kappa shape index (κ1) is 10.3. The van der Waals surface area contributed by atoms with Crippen LogP contribution in [0.1, 0.15) is 19.3 Å². The van der Waals surface area contributed by atoms with Gasteiger partial charge in [0.25, 0.3) is 0 Å². The van der Waals surface area contributed by atoms with Crippen LogP contribution in [0.5, 0.6) is 5.75 Å². The maximum atomic E-state index is 9.68. The van der Waals surface area contributed by atoms with Crippen molar-refractivity contribution in [3.8, 4) is 5.75 Å². The van der Waals surface area contributed by atoms with Crippen molar-refractivity contribution in [2.75, 3.05) is 12.4 Å². The molecule has 1 fully saturated rings. The second-order valence-electron chi connectivity index (χ2n) is 3.98. The van der Waals surface area contributed by atoms with E-state index in [-0.39, 0.29) is 12.1 Å². The highest BCUT2D eigenvalue weighted by Crippen LogP contribution is 2.24. The molecule has 3 nitrogen and oxygen atoms in total. The lowest BCUT2D eigenvalue weighted by atomic mass is 10.2. The zero-order valence-electron chi connectivity index (χ0n) is 8.94. The van der Waals surface area contributed by atoms with Gasteiger partial charge in [-0.25, -0.2) is 0 Å². The first-order chi connectivity index (χ1) is 7.29. The van der Waals surface area contributed by atoms with E-state index in [0.717, 1.165) is 30.7 Å². The molecule has 1 aromatic carbocycles. The van der Waals surface area contributed by atoms with Gasteiger partial charge in [0.2, 0.25) is 0 Å². The Balaban J connectivity index is 2.03. The third-order valence-electron chi connectivity index (χ3n) is 2.90. The minimum Gasteiger partial charge on any atom is -0.497 e. The molecule has 0 spiro atoms. The van der Waals surface area contributed by atoms with Crippen LogP contribution in [0.25, 0.3) is 0 Å². The number of hydrogen-bond acceptors (Lipinski definition) is 3. The smallest absolute Gasteiger partial charge is 0.120 e. The molecule has 15 heavy (non-hydrogen) atoms. The van der Waals surface area contributed by atoms with E-state index in [9.17, 15) is 5.11 Å². The van der Waals surface area contributed by atoms with Gasteiger partial charge in [-0.2, -0.15) is 0 Å². The fraction of sp³-hybridized carbons (Fsp3) is 0.500. The quantitative estimate of drug-likeness (QED) is 0.796. The van der Waals surface area contributed by atoms with Crippen LogP contribution >= 0.6 is 0 Å². The fourth-order valence-corrected chi connectivity index (χ4v) is 2.04. The predicted octanol–water partition coefficient (Wildman–Crippen LogP) is 2.02. The number of methoxy groups -OCH3 is 1. The summed E-state index contributed by atoms with van der Waals surface area (Å²) in [5.74, 6) is 0.840. The average Bonchev–Trinajstić information content (AvgIpc) is 2.65. The topological polar surface area (TPSA) is 41.5 Å². The minimum absolute atomic E-state index is 0.192. The zero-order valence-corrected chi connectivity index (χ0v) is 8.94. The summed E-state index contributed by atoms with van der Waals surface area (Å²) in [6, 6.07) is 7.99. The van der Waals surface area contributed by atoms with Crippen LogP contribution in [0, 0.1) is 0 Å². The van der Waals surface area contributed by atoms with Crippen LogP contribution in [-0.4, -0.2) is 24.4 Å². The molecule has 3 heteroatoms. The molecule has 0 aromatic heterocycles. The molecular formula is C12H17NO2. The molecule has 0 aliphatic heterocycles. The third-order valence-corrected chi connectivity index (χ3v) is 2.90. The van der Waals surface area contributed by atoms with Crippen LogP contribution in [0.15, 0.2) is 24.3 Å². The Kier molecular flexibility index (Phi) is 3.11. The van der Waals surface area contributed by atoms with Gasteiger partial charge >= 0.3 is 0 Å². The highest BCUT2D eigenvalue weighted by Gasteiger charge is 2.24. The van der Waals surface area contributed by atoms with Crippen LogP contribution < -0.4 is 10.1 Å². The highest BCUT2D eigenvalue weighted by molar-refractivity contribution is 5.49. The molecular weight excluding hydrogens is 190 g/mol. The predicted molar refractivity (Wildman–Crippen MR) is 60.3 cm³/mol. The molecule has 1 aliphatic carbocycles. The van der Waals surface area contributed by atoms with E-state index in [1.165, 1.54) is 0 Å². The van der Waals surface area contributed by atoms with Gasteiger partial charge < -0.3 is 15.2 Å². The van der Waals surface area contributed by atoms with Crippen LogP contribution in [0.3, 0.4) is 0 Å². The second-order valence-corrected chi connectivity index (χ2v) is 3.98. The summed E-state index contributed by atoms with van der Waals surface area (Å²) in [5, 5.41) is 13.0. The molecule has 0 radical (unpaired) electrons. The van der Waals surface area contributed by atoms with Crippen molar-refractivity contribution >= 4 is 5.69 Å². The second kappa shape index (κ2) is 4.53. The van der Waals surface area contributed by atoms with Crippen molar-refractivity contribution in [3.05, 3.63) is 24.3 Å². The summed E-state index contributed by atoms with van der Waals surface area (Å²) in [6.45, 7) is 0. The number of ether oxygens (including phenoxy) is 1. The molecule has 1 aliphatic rings. The standard InChI is InChI=1S/C12H17NO2/c1-15-10-5-2-4-9(8-10)13-11-6-3-7-12(11)14/h2,4-5,8,11-14H,3,6-7H2,1H3/t11-,12-/m0/s1. The number of benzene rings is 1. The maximum Gasteiger partial charge on any atom is 0.120 e. The molecule has 2 N–H and O–H groups in total. The number of aliphatic hydroxyl groups is 1. The summed E-state index contributed by atoms with van der Waals surface area (Å²) in [5.41, 5.74) is 1.01. The van der Waals surface area contributed by atoms with E-state index in [1.54, 1.807) is 7.11 Å². The Morgan fingerprint density at radius 3 is 2.93 bits per heavy atom. The first-order valence-corrected chi connectivity index (χ1v) is 5.38. The normalized spacial score (nSPS) is 25.2. The highest BCUT2D eigenvalue weighted by atomic mass is 16.5. The molecule has 82 valence electrons. The molecule has 0 saturated heterocycles. The molecule has 2 atom stereocenters. The molecule has 1 aromatic rings. The lowest BCUT2D eigenvalue weighted by Crippen LogP contribution is -2.27. The summed E-state index contributed by atoms with van der Waals surface area (Å²) in [6.07, 6.45) is 2.83. The lowest BCUT2D eigenvalue weighted by molar-refractivity contribution is 0.172. The van der Waals surface area contributed by atoms with Crippen LogP contribution in [-0.2, 0) is 0 Å². The van der Waals surface area contributed by atoms with Gasteiger partial charge in [0.1, 0.15) is 5.75 Å². The Morgan fingerprint density at radius 2 is 2.27 bits per heavy atom. The van der Waals surface area contributed by atoms with Crippen molar-refractivity contribution in [2.24, 2.45) is 0 Å². The van der Waals surface area contributed by atoms with E-state index in [4.69, 9.17) is 4.74 Å². The van der Waals surface area contributed by atoms with Crippen LogP contribution in [0.4, 0.5) is 5.69 Å². The van der Waals surface area contributed by atoms with Gasteiger partial charge in [0.05, 0.1) is 19.3 Å². The number of anilines is 1. The van der Waals surface area contributed by atoms with Crippen molar-refractivity contribution in [1.29, 1.82) is 0 Å². The Hall–Kier alpha value is -1.22. The van der Waals surface area contributed by atoms with Gasteiger partial charge in [-0.05, 0) is 31.4 Å². The largest absolute Gasteiger partial charge is 0.497 e. The minimum atomic E-state index is -0.212. The Morgan fingerprint density at radius 1 is 1.40 bits per heavy atom. The van der Waals surface area contributed by atoms with Gasteiger partial charge in [-0.15, -0.1) is 0 Å². The van der Waals surface area contributed by atoms with E-state index < -0.39 is 0 Å². The van der Waals surface area contributed by atoms with Gasteiger partial charge in [-0.3, -0.25) is 0 Å². The summed E-state index contributed by atoms with van der Waals surface area (Å²) in [7, 11) is 1.66. The van der Waals surface area contributed by atoms with E-state index in [2.05, 4.69) is 5.32 Å². The molecule has 0 amide bonds. The maximum absolute atomic E-state index is 9.68. The average molecular weight is 207 g/mol. The van der Waals surface area contributed by atoms with E-state index >= 15 is 0 Å². The summed E-state index contributed by atoms with van der Waals surface area (Å²) >= 11 is 0. The first-order valence-electron chi connectivity index (χ1n) is 5.38. The number of hydrogen-bond donors (Lipinski definition) is 2. The van der Waals surface area contributed by atoms with Gasteiger partial charge in [-0.1, -0.05) is 6.07 Å². The monoisotopic (exact) mass is 207 g/mol. The third kappa shape index (κ3) is 2.42. The van der Waals surface area contributed by atoms with Gasteiger partial charge in [0.15, 0.2) is 0 Å². The SMILES string of the molecule is COc1cccc(N[C@H]2CCC[C@@H]2O)c1. The van der Waals surface area contributed by atoms with E-state index in [1.807, 2.05) is 24.3 Å². The fourth-order valence-electron chi connectivity index (χ4n) is 2.04. The van der Waals surface area contributed by atoms with Crippen molar-refractivity contribution < 1.29 is 9.84 Å². The van der Waals surface area contributed by atoms with Crippen molar-refractivity contribution in [2.45, 2.75) is 31.4 Å². The Labute approximate surface area is 90.1 Å². The van der Waals surface area contributed by atoms with Crippen molar-refractivity contribution in [3.63, 3.8) is 0 Å².